The van der Waals surface area contributed by atoms with E-state index < -0.39 is 0 Å². The molecule has 0 bridgehead atoms. The highest BCUT2D eigenvalue weighted by molar-refractivity contribution is 5.84. The maximum absolute atomic E-state index is 12.2. The number of aliphatic hydroxyl groups excluding tert-OH is 1. The van der Waals surface area contributed by atoms with Crippen molar-refractivity contribution >= 4 is 11.8 Å². The summed E-state index contributed by atoms with van der Waals surface area (Å²) in [5.74, 6) is -0.0483. The lowest BCUT2D eigenvalue weighted by Gasteiger charge is -2.56. The Morgan fingerprint density at radius 2 is 1.95 bits per heavy atom. The topological polar surface area (TPSA) is 78.9 Å². The van der Waals surface area contributed by atoms with Gasteiger partial charge in [0.2, 0.25) is 11.8 Å². The number of ether oxygens (including phenoxy) is 1. The maximum atomic E-state index is 12.2. The minimum Gasteiger partial charge on any atom is -0.392 e. The zero-order valence-corrected chi connectivity index (χ0v) is 11.8. The van der Waals surface area contributed by atoms with Gasteiger partial charge in [-0.25, -0.2) is 0 Å². The molecule has 6 heteroatoms. The van der Waals surface area contributed by atoms with E-state index in [1.807, 2.05) is 0 Å². The molecule has 112 valence electrons. The van der Waals surface area contributed by atoms with E-state index in [0.717, 1.165) is 12.8 Å². The van der Waals surface area contributed by atoms with Gasteiger partial charge in [-0.1, -0.05) is 0 Å². The van der Waals surface area contributed by atoms with Crippen LogP contribution in [0.15, 0.2) is 0 Å². The van der Waals surface area contributed by atoms with Crippen molar-refractivity contribution in [2.75, 3.05) is 26.3 Å². The van der Waals surface area contributed by atoms with Crippen molar-refractivity contribution in [1.82, 2.24) is 10.2 Å². The van der Waals surface area contributed by atoms with Crippen LogP contribution in [-0.4, -0.2) is 60.3 Å². The summed E-state index contributed by atoms with van der Waals surface area (Å²) in [4.78, 5) is 25.0. The molecule has 6 nitrogen and oxygen atoms in total. The highest BCUT2D eigenvalue weighted by Gasteiger charge is 2.55. The van der Waals surface area contributed by atoms with E-state index in [9.17, 15) is 14.7 Å². The predicted molar refractivity (Wildman–Crippen MR) is 70.8 cm³/mol. The predicted octanol–water partition coefficient (Wildman–Crippen LogP) is -0.489. The molecule has 0 radical (unpaired) electrons. The van der Waals surface area contributed by atoms with E-state index >= 15 is 0 Å². The molecule has 0 aromatic heterocycles. The van der Waals surface area contributed by atoms with Crippen LogP contribution in [0.2, 0.25) is 0 Å². The van der Waals surface area contributed by atoms with Crippen molar-refractivity contribution < 1.29 is 19.4 Å². The van der Waals surface area contributed by atoms with Crippen molar-refractivity contribution in [2.45, 2.75) is 38.3 Å². The third kappa shape index (κ3) is 2.11. The number of hydrogen-bond acceptors (Lipinski definition) is 4. The zero-order chi connectivity index (χ0) is 14.3. The molecule has 2 N–H and O–H groups in total. The normalized spacial score (nSPS) is 32.4. The summed E-state index contributed by atoms with van der Waals surface area (Å²) in [6.07, 6.45) is 1.92. The van der Waals surface area contributed by atoms with E-state index in [0.29, 0.717) is 32.7 Å². The number of carbonyl (C=O) groups is 2. The average Bonchev–Trinajstić information content (AvgIpc) is 2.37. The molecular formula is C14H22N2O4. The fourth-order valence-corrected chi connectivity index (χ4v) is 3.59. The molecule has 3 aliphatic rings. The van der Waals surface area contributed by atoms with E-state index in [-0.39, 0.29) is 35.3 Å². The molecule has 20 heavy (non-hydrogen) atoms. The van der Waals surface area contributed by atoms with Gasteiger partial charge in [0.15, 0.2) is 0 Å². The Morgan fingerprint density at radius 3 is 2.50 bits per heavy atom. The van der Waals surface area contributed by atoms with Crippen LogP contribution in [0.5, 0.6) is 0 Å². The molecule has 1 saturated carbocycles. The number of rotatable bonds is 2. The molecular weight excluding hydrogens is 260 g/mol. The van der Waals surface area contributed by atoms with Crippen molar-refractivity contribution in [3.05, 3.63) is 0 Å². The van der Waals surface area contributed by atoms with Crippen molar-refractivity contribution in [3.8, 4) is 0 Å². The van der Waals surface area contributed by atoms with Crippen molar-refractivity contribution in [1.29, 1.82) is 0 Å². The molecule has 2 heterocycles. The maximum Gasteiger partial charge on any atom is 0.226 e. The Labute approximate surface area is 118 Å². The first-order chi connectivity index (χ1) is 9.53. The molecule has 3 fully saturated rings. The lowest BCUT2D eigenvalue weighted by atomic mass is 9.57. The van der Waals surface area contributed by atoms with Crippen LogP contribution < -0.4 is 5.32 Å². The highest BCUT2D eigenvalue weighted by atomic mass is 16.5. The van der Waals surface area contributed by atoms with Gasteiger partial charge in [0.1, 0.15) is 0 Å². The standard InChI is InChI=1S/C14H22N2O4/c1-9(17)16-7-10(8-16)13(19)15-11-6-12(18)14(11)2-4-20-5-3-14/h10-12,18H,2-8H2,1H3,(H,15,19)/t11-,12-/m1/s1. The number of aliphatic hydroxyl groups is 1. The fraction of sp³-hybridized carbons (Fsp3) is 0.857. The summed E-state index contributed by atoms with van der Waals surface area (Å²) in [7, 11) is 0. The average molecular weight is 282 g/mol. The Morgan fingerprint density at radius 1 is 1.30 bits per heavy atom. The summed E-state index contributed by atoms with van der Waals surface area (Å²) < 4.78 is 5.35. The molecule has 1 spiro atoms. The molecule has 2 aliphatic heterocycles. The van der Waals surface area contributed by atoms with Gasteiger partial charge in [-0.3, -0.25) is 9.59 Å². The zero-order valence-electron chi connectivity index (χ0n) is 11.8. The molecule has 2 saturated heterocycles. The Bertz CT molecular complexity index is 413. The van der Waals surface area contributed by atoms with Crippen LogP contribution in [0, 0.1) is 11.3 Å². The van der Waals surface area contributed by atoms with Gasteiger partial charge in [-0.2, -0.15) is 0 Å². The summed E-state index contributed by atoms with van der Waals surface area (Å²) in [5.41, 5.74) is -0.183. The van der Waals surface area contributed by atoms with Crippen LogP contribution in [0.3, 0.4) is 0 Å². The monoisotopic (exact) mass is 282 g/mol. The Hall–Kier alpha value is -1.14. The summed E-state index contributed by atoms with van der Waals surface area (Å²) in [5, 5.41) is 13.1. The SMILES string of the molecule is CC(=O)N1CC(C(=O)N[C@@H]2C[C@@H](O)C23CCOCC3)C1. The fourth-order valence-electron chi connectivity index (χ4n) is 3.59. The van der Waals surface area contributed by atoms with E-state index in [4.69, 9.17) is 4.74 Å². The van der Waals surface area contributed by atoms with Gasteiger partial charge in [0.05, 0.1) is 12.0 Å². The second-order valence-corrected chi connectivity index (χ2v) is 6.28. The third-order valence-corrected chi connectivity index (χ3v) is 5.25. The van der Waals surface area contributed by atoms with E-state index in [2.05, 4.69) is 5.32 Å². The van der Waals surface area contributed by atoms with Gasteiger partial charge in [-0.15, -0.1) is 0 Å². The first-order valence-corrected chi connectivity index (χ1v) is 7.34. The lowest BCUT2D eigenvalue weighted by Crippen LogP contribution is -2.67. The van der Waals surface area contributed by atoms with Gasteiger partial charge in [0, 0.05) is 44.7 Å². The molecule has 0 aromatic carbocycles. The van der Waals surface area contributed by atoms with E-state index in [1.165, 1.54) is 6.92 Å². The molecule has 0 unspecified atom stereocenters. The van der Waals surface area contributed by atoms with Crippen LogP contribution in [0.1, 0.15) is 26.2 Å². The number of nitrogens with one attached hydrogen (secondary N) is 1. The summed E-state index contributed by atoms with van der Waals surface area (Å²) >= 11 is 0. The highest BCUT2D eigenvalue weighted by Crippen LogP contribution is 2.49. The summed E-state index contributed by atoms with van der Waals surface area (Å²) in [6.45, 7) is 3.88. The van der Waals surface area contributed by atoms with E-state index in [1.54, 1.807) is 4.90 Å². The largest absolute Gasteiger partial charge is 0.392 e. The Balaban J connectivity index is 1.53. The molecule has 0 aromatic rings. The van der Waals surface area contributed by atoms with Crippen LogP contribution >= 0.6 is 0 Å². The van der Waals surface area contributed by atoms with Crippen molar-refractivity contribution in [2.24, 2.45) is 11.3 Å². The molecule has 2 atom stereocenters. The number of nitrogens with zero attached hydrogens (tertiary/aromatic N) is 1. The lowest BCUT2D eigenvalue weighted by molar-refractivity contribution is -0.160. The van der Waals surface area contributed by atoms with Crippen LogP contribution in [-0.2, 0) is 14.3 Å². The number of carbonyl (C=O) groups excluding carboxylic acids is 2. The minimum atomic E-state index is -0.327. The third-order valence-electron chi connectivity index (χ3n) is 5.25. The molecule has 2 amide bonds. The smallest absolute Gasteiger partial charge is 0.226 e. The first-order valence-electron chi connectivity index (χ1n) is 7.34. The number of likely N-dealkylation sites (tertiary alicyclic amines) is 1. The second-order valence-electron chi connectivity index (χ2n) is 6.28. The summed E-state index contributed by atoms with van der Waals surface area (Å²) in [6, 6.07) is 0.0558. The molecule has 3 rings (SSSR count). The van der Waals surface area contributed by atoms with Crippen molar-refractivity contribution in [3.63, 3.8) is 0 Å². The van der Waals surface area contributed by atoms with Gasteiger partial charge < -0.3 is 20.1 Å². The second kappa shape index (κ2) is 5.00. The van der Waals surface area contributed by atoms with Gasteiger partial charge in [0.25, 0.3) is 0 Å². The number of hydrogen-bond donors (Lipinski definition) is 2. The quantitative estimate of drug-likeness (QED) is 0.716. The van der Waals surface area contributed by atoms with Gasteiger partial charge >= 0.3 is 0 Å². The molecule has 1 aliphatic carbocycles. The van der Waals surface area contributed by atoms with Crippen LogP contribution in [0.4, 0.5) is 0 Å². The van der Waals surface area contributed by atoms with Gasteiger partial charge in [-0.05, 0) is 19.3 Å². The number of amides is 2. The minimum absolute atomic E-state index is 0.0188. The first kappa shape index (κ1) is 13.8. The Kier molecular flexibility index (Phi) is 3.46. The van der Waals surface area contributed by atoms with Crippen LogP contribution in [0.25, 0.3) is 0 Å².